The summed E-state index contributed by atoms with van der Waals surface area (Å²) < 4.78 is 38.5. The number of aromatic nitrogens is 1. The van der Waals surface area contributed by atoms with Gasteiger partial charge in [-0.25, -0.2) is 4.98 Å². The average molecular weight is 299 g/mol. The van der Waals surface area contributed by atoms with Gasteiger partial charge in [0, 0.05) is 12.6 Å². The number of anilines is 1. The van der Waals surface area contributed by atoms with Crippen LogP contribution in [-0.4, -0.2) is 29.3 Å². The Kier molecular flexibility index (Phi) is 4.68. The van der Waals surface area contributed by atoms with Crippen molar-refractivity contribution in [2.24, 2.45) is 0 Å². The van der Waals surface area contributed by atoms with Crippen LogP contribution in [0.2, 0.25) is 0 Å². The number of hydrogen-bond donors (Lipinski definition) is 1. The Morgan fingerprint density at radius 3 is 2.52 bits per heavy atom. The summed E-state index contributed by atoms with van der Waals surface area (Å²) in [7, 11) is 0. The number of rotatable bonds is 4. The lowest BCUT2D eigenvalue weighted by molar-refractivity contribution is -0.141. The molecule has 1 saturated carbocycles. The molecule has 21 heavy (non-hydrogen) atoms. The third kappa shape index (κ3) is 3.45. The number of nitrogens with zero attached hydrogens (tertiary/aromatic N) is 3. The van der Waals surface area contributed by atoms with Crippen molar-refractivity contribution in [1.82, 2.24) is 4.98 Å². The Labute approximate surface area is 120 Å². The minimum Gasteiger partial charge on any atom is -0.395 e. The van der Waals surface area contributed by atoms with Crippen LogP contribution in [-0.2, 0) is 6.18 Å². The van der Waals surface area contributed by atoms with Crippen molar-refractivity contribution < 1.29 is 18.3 Å². The second-order valence-electron chi connectivity index (χ2n) is 5.03. The fourth-order valence-corrected chi connectivity index (χ4v) is 2.70. The Morgan fingerprint density at radius 2 is 2.00 bits per heavy atom. The molecule has 1 aliphatic rings. The SMILES string of the molecule is N#Cc1ccc(C(F)(F)F)nc1N(CCO)C1CCCC1. The molecule has 0 atom stereocenters. The Morgan fingerprint density at radius 1 is 1.33 bits per heavy atom. The molecule has 1 aromatic heterocycles. The molecule has 0 aromatic carbocycles. The molecule has 1 aliphatic carbocycles. The molecule has 1 N–H and O–H groups in total. The topological polar surface area (TPSA) is 60.2 Å². The number of pyridine rings is 1. The van der Waals surface area contributed by atoms with Crippen molar-refractivity contribution in [3.05, 3.63) is 23.4 Å². The first-order valence-corrected chi connectivity index (χ1v) is 6.83. The summed E-state index contributed by atoms with van der Waals surface area (Å²) in [5.74, 6) is 0.0216. The molecule has 1 fully saturated rings. The molecular weight excluding hydrogens is 283 g/mol. The van der Waals surface area contributed by atoms with E-state index in [4.69, 9.17) is 5.26 Å². The van der Waals surface area contributed by atoms with Crippen LogP contribution in [0.5, 0.6) is 0 Å². The highest BCUT2D eigenvalue weighted by Gasteiger charge is 2.34. The van der Waals surface area contributed by atoms with Crippen molar-refractivity contribution in [3.8, 4) is 6.07 Å². The van der Waals surface area contributed by atoms with Crippen molar-refractivity contribution in [1.29, 1.82) is 5.26 Å². The predicted octanol–water partition coefficient (Wildman–Crippen LogP) is 2.71. The first-order valence-electron chi connectivity index (χ1n) is 6.83. The van der Waals surface area contributed by atoms with Crippen LogP contribution in [0, 0.1) is 11.3 Å². The molecule has 0 bridgehead atoms. The van der Waals surface area contributed by atoms with Crippen LogP contribution in [0.3, 0.4) is 0 Å². The highest BCUT2D eigenvalue weighted by molar-refractivity contribution is 5.55. The van der Waals surface area contributed by atoms with E-state index in [2.05, 4.69) is 4.98 Å². The fourth-order valence-electron chi connectivity index (χ4n) is 2.70. The third-order valence-corrected chi connectivity index (χ3v) is 3.66. The Balaban J connectivity index is 2.44. The van der Waals surface area contributed by atoms with E-state index in [1.165, 1.54) is 0 Å². The first kappa shape index (κ1) is 15.6. The van der Waals surface area contributed by atoms with Gasteiger partial charge in [0.25, 0.3) is 0 Å². The van der Waals surface area contributed by atoms with Crippen LogP contribution in [0.1, 0.15) is 36.9 Å². The van der Waals surface area contributed by atoms with Gasteiger partial charge < -0.3 is 10.0 Å². The van der Waals surface area contributed by atoms with E-state index in [0.29, 0.717) is 0 Å². The van der Waals surface area contributed by atoms with Crippen molar-refractivity contribution in [3.63, 3.8) is 0 Å². The summed E-state index contributed by atoms with van der Waals surface area (Å²) in [5.41, 5.74) is -0.916. The van der Waals surface area contributed by atoms with Crippen LogP contribution in [0.4, 0.5) is 19.0 Å². The van der Waals surface area contributed by atoms with Crippen LogP contribution in [0.25, 0.3) is 0 Å². The first-order chi connectivity index (χ1) is 9.97. The minimum atomic E-state index is -4.55. The summed E-state index contributed by atoms with van der Waals surface area (Å²) in [6, 6.07) is 3.87. The maximum atomic E-state index is 12.8. The molecule has 1 aromatic rings. The number of nitriles is 1. The molecule has 4 nitrogen and oxygen atoms in total. The van der Waals surface area contributed by atoms with E-state index in [9.17, 15) is 18.3 Å². The molecule has 2 rings (SSSR count). The van der Waals surface area contributed by atoms with Crippen LogP contribution >= 0.6 is 0 Å². The molecule has 7 heteroatoms. The number of aliphatic hydroxyl groups is 1. The van der Waals surface area contributed by atoms with E-state index in [1.54, 1.807) is 4.90 Å². The Hall–Kier alpha value is -1.81. The van der Waals surface area contributed by atoms with Crippen molar-refractivity contribution >= 4 is 5.82 Å². The van der Waals surface area contributed by atoms with E-state index in [0.717, 1.165) is 37.8 Å². The summed E-state index contributed by atoms with van der Waals surface area (Å²) in [4.78, 5) is 5.29. The van der Waals surface area contributed by atoms with Crippen molar-refractivity contribution in [2.45, 2.75) is 37.9 Å². The van der Waals surface area contributed by atoms with Crippen LogP contribution in [0.15, 0.2) is 12.1 Å². The smallest absolute Gasteiger partial charge is 0.395 e. The number of halogens is 3. The van der Waals surface area contributed by atoms with E-state index in [-0.39, 0.29) is 30.6 Å². The summed E-state index contributed by atoms with van der Waals surface area (Å²) in [6.07, 6.45) is -0.893. The Bertz CT molecular complexity index is 533. The minimum absolute atomic E-state index is 0.0216. The van der Waals surface area contributed by atoms with E-state index >= 15 is 0 Å². The molecule has 0 aliphatic heterocycles. The molecule has 0 radical (unpaired) electrons. The van der Waals surface area contributed by atoms with Gasteiger partial charge in [-0.05, 0) is 25.0 Å². The van der Waals surface area contributed by atoms with E-state index < -0.39 is 11.9 Å². The summed E-state index contributed by atoms with van der Waals surface area (Å²) in [6.45, 7) is -0.0209. The standard InChI is InChI=1S/C14H16F3N3O/c15-14(16,17)12-6-5-10(9-18)13(19-12)20(7-8-21)11-3-1-2-4-11/h5-6,11,21H,1-4,7-8H2. The van der Waals surface area contributed by atoms with Gasteiger partial charge in [0.05, 0.1) is 12.2 Å². The largest absolute Gasteiger partial charge is 0.433 e. The quantitative estimate of drug-likeness (QED) is 0.928. The zero-order chi connectivity index (χ0) is 15.5. The monoisotopic (exact) mass is 299 g/mol. The average Bonchev–Trinajstić information content (AvgIpc) is 2.97. The molecular formula is C14H16F3N3O. The number of hydrogen-bond acceptors (Lipinski definition) is 4. The number of aliphatic hydroxyl groups excluding tert-OH is 1. The second kappa shape index (κ2) is 6.31. The molecule has 0 amide bonds. The molecule has 0 spiro atoms. The molecule has 0 saturated heterocycles. The van der Waals surface area contributed by atoms with Gasteiger partial charge in [-0.3, -0.25) is 0 Å². The van der Waals surface area contributed by atoms with Gasteiger partial charge in [-0.15, -0.1) is 0 Å². The van der Waals surface area contributed by atoms with E-state index in [1.807, 2.05) is 6.07 Å². The van der Waals surface area contributed by atoms with Gasteiger partial charge in [-0.1, -0.05) is 12.8 Å². The fraction of sp³-hybridized carbons (Fsp3) is 0.571. The highest BCUT2D eigenvalue weighted by Crippen LogP contribution is 2.33. The third-order valence-electron chi connectivity index (χ3n) is 3.66. The second-order valence-corrected chi connectivity index (χ2v) is 5.03. The highest BCUT2D eigenvalue weighted by atomic mass is 19.4. The lowest BCUT2D eigenvalue weighted by Gasteiger charge is -2.30. The lowest BCUT2D eigenvalue weighted by Crippen LogP contribution is -2.37. The predicted molar refractivity (Wildman–Crippen MR) is 70.6 cm³/mol. The summed E-state index contributed by atoms with van der Waals surface area (Å²) >= 11 is 0. The zero-order valence-corrected chi connectivity index (χ0v) is 11.4. The molecule has 1 heterocycles. The molecule has 0 unspecified atom stereocenters. The maximum Gasteiger partial charge on any atom is 0.433 e. The van der Waals surface area contributed by atoms with Gasteiger partial charge in [0.15, 0.2) is 0 Å². The van der Waals surface area contributed by atoms with Gasteiger partial charge >= 0.3 is 6.18 Å². The maximum absolute atomic E-state index is 12.8. The number of alkyl halides is 3. The van der Waals surface area contributed by atoms with Crippen LogP contribution < -0.4 is 4.90 Å². The normalized spacial score (nSPS) is 16.0. The lowest BCUT2D eigenvalue weighted by atomic mass is 10.1. The van der Waals surface area contributed by atoms with Crippen molar-refractivity contribution in [2.75, 3.05) is 18.1 Å². The summed E-state index contributed by atoms with van der Waals surface area (Å²) in [5, 5.41) is 18.3. The van der Waals surface area contributed by atoms with Gasteiger partial charge in [-0.2, -0.15) is 18.4 Å². The zero-order valence-electron chi connectivity index (χ0n) is 11.4. The van der Waals surface area contributed by atoms with Gasteiger partial charge in [0.2, 0.25) is 0 Å². The molecule has 114 valence electrons. The van der Waals surface area contributed by atoms with Gasteiger partial charge in [0.1, 0.15) is 17.6 Å².